The number of nitrogens with one attached hydrogen (secondary N) is 1. The van der Waals surface area contributed by atoms with Crippen molar-refractivity contribution in [3.63, 3.8) is 0 Å². The van der Waals surface area contributed by atoms with E-state index in [-0.39, 0.29) is 35.8 Å². The summed E-state index contributed by atoms with van der Waals surface area (Å²) in [6.45, 7) is 9.50. The van der Waals surface area contributed by atoms with Crippen LogP contribution in [0.5, 0.6) is 0 Å². The first kappa shape index (κ1) is 29.5. The summed E-state index contributed by atoms with van der Waals surface area (Å²) >= 11 is 3.75. The lowest BCUT2D eigenvalue weighted by molar-refractivity contribution is -0.128. The van der Waals surface area contributed by atoms with E-state index in [0.717, 1.165) is 64.6 Å². The smallest absolute Gasteiger partial charge is 0.230 e. The zero-order valence-electron chi connectivity index (χ0n) is 21.8. The number of guanidine groups is 1. The Balaban J connectivity index is 1.89. The highest BCUT2D eigenvalue weighted by molar-refractivity contribution is 9.09. The Morgan fingerprint density at radius 3 is 2.65 bits per heavy atom. The van der Waals surface area contributed by atoms with Crippen molar-refractivity contribution in [3.05, 3.63) is 0 Å². The van der Waals surface area contributed by atoms with Gasteiger partial charge in [0.1, 0.15) is 6.17 Å². The van der Waals surface area contributed by atoms with Gasteiger partial charge in [0.05, 0.1) is 12.1 Å². The maximum absolute atomic E-state index is 15.0. The van der Waals surface area contributed by atoms with Crippen LogP contribution in [0.25, 0.3) is 0 Å². The van der Waals surface area contributed by atoms with E-state index in [4.69, 9.17) is 10.5 Å². The van der Waals surface area contributed by atoms with Gasteiger partial charge in [0.25, 0.3) is 0 Å². The number of carbonyl (C=O) groups is 1. The summed E-state index contributed by atoms with van der Waals surface area (Å²) in [5, 5.41) is 2.80. The SMILES string of the molecule is CCN(CC)CCCC(C)N=C(N)NC(=O)C1CCCC(F)C1CCC1CC(Br)CCC1OC. The van der Waals surface area contributed by atoms with Crippen molar-refractivity contribution < 1.29 is 13.9 Å². The van der Waals surface area contributed by atoms with Crippen molar-refractivity contribution in [2.75, 3.05) is 26.7 Å². The molecule has 7 unspecified atom stereocenters. The zero-order chi connectivity index (χ0) is 25.1. The van der Waals surface area contributed by atoms with Crippen molar-refractivity contribution in [1.82, 2.24) is 10.2 Å². The Kier molecular flexibility index (Phi) is 13.4. The number of hydrogen-bond acceptors (Lipinski definition) is 4. The van der Waals surface area contributed by atoms with Gasteiger partial charge in [-0.15, -0.1) is 0 Å². The van der Waals surface area contributed by atoms with E-state index in [9.17, 15) is 9.18 Å². The van der Waals surface area contributed by atoms with Crippen molar-refractivity contribution in [1.29, 1.82) is 0 Å². The molecule has 198 valence electrons. The normalized spacial score (nSPS) is 31.4. The van der Waals surface area contributed by atoms with Gasteiger partial charge in [0, 0.05) is 23.8 Å². The van der Waals surface area contributed by atoms with Gasteiger partial charge in [0.15, 0.2) is 5.96 Å². The van der Waals surface area contributed by atoms with Crippen LogP contribution in [0.15, 0.2) is 4.99 Å². The summed E-state index contributed by atoms with van der Waals surface area (Å²) in [5.41, 5.74) is 6.08. The minimum atomic E-state index is -0.939. The third kappa shape index (κ3) is 9.38. The fraction of sp³-hybridized carbons (Fsp3) is 0.923. The van der Waals surface area contributed by atoms with Crippen LogP contribution in [0, 0.1) is 17.8 Å². The molecule has 0 radical (unpaired) electrons. The van der Waals surface area contributed by atoms with Gasteiger partial charge >= 0.3 is 0 Å². The van der Waals surface area contributed by atoms with Crippen LogP contribution in [0.3, 0.4) is 0 Å². The molecule has 0 aromatic rings. The van der Waals surface area contributed by atoms with E-state index in [0.29, 0.717) is 30.0 Å². The van der Waals surface area contributed by atoms with Gasteiger partial charge < -0.3 is 15.4 Å². The molecular weight excluding hydrogens is 499 g/mol. The van der Waals surface area contributed by atoms with Gasteiger partial charge in [-0.05, 0) is 96.7 Å². The number of aliphatic imine (C=N–C) groups is 1. The lowest BCUT2D eigenvalue weighted by Crippen LogP contribution is -2.46. The molecule has 0 aromatic carbocycles. The largest absolute Gasteiger partial charge is 0.381 e. The van der Waals surface area contributed by atoms with E-state index in [1.165, 1.54) is 0 Å². The molecule has 0 spiro atoms. The Labute approximate surface area is 215 Å². The second-order valence-corrected chi connectivity index (χ2v) is 11.6. The Hall–Kier alpha value is -0.730. The molecule has 0 bridgehead atoms. The Morgan fingerprint density at radius 1 is 1.24 bits per heavy atom. The minimum Gasteiger partial charge on any atom is -0.381 e. The standard InChI is InChI=1S/C26H48BrFN4O2/c1-5-32(6-2)16-8-9-18(3)30-26(29)31-25(33)22-10-7-11-23(28)21(22)14-12-19-17-20(27)13-15-24(19)34-4/h18-24H,5-17H2,1-4H3,(H3,29,30,31,33). The van der Waals surface area contributed by atoms with E-state index in [1.807, 2.05) is 6.92 Å². The highest BCUT2D eigenvalue weighted by Gasteiger charge is 2.39. The van der Waals surface area contributed by atoms with Crippen molar-refractivity contribution in [2.24, 2.45) is 28.5 Å². The number of alkyl halides is 2. The molecule has 0 saturated heterocycles. The molecule has 2 fully saturated rings. The van der Waals surface area contributed by atoms with E-state index < -0.39 is 6.17 Å². The van der Waals surface area contributed by atoms with Gasteiger partial charge in [-0.2, -0.15) is 0 Å². The summed E-state index contributed by atoms with van der Waals surface area (Å²) in [7, 11) is 1.77. The van der Waals surface area contributed by atoms with Crippen molar-refractivity contribution in [2.45, 2.75) is 108 Å². The molecule has 8 heteroatoms. The van der Waals surface area contributed by atoms with E-state index in [2.05, 4.69) is 45.0 Å². The summed E-state index contributed by atoms with van der Waals surface area (Å²) < 4.78 is 20.7. The third-order valence-corrected chi connectivity index (χ3v) is 8.77. The van der Waals surface area contributed by atoms with Crippen molar-refractivity contribution in [3.8, 4) is 0 Å². The summed E-state index contributed by atoms with van der Waals surface area (Å²) in [5.74, 6) is -0.214. The quantitative estimate of drug-likeness (QED) is 0.204. The summed E-state index contributed by atoms with van der Waals surface area (Å²) in [6.07, 6.45) is 8.04. The molecule has 1 amide bonds. The number of methoxy groups -OCH3 is 1. The predicted octanol–water partition coefficient (Wildman–Crippen LogP) is 5.04. The zero-order valence-corrected chi connectivity index (χ0v) is 23.4. The van der Waals surface area contributed by atoms with Gasteiger partial charge in [-0.25, -0.2) is 4.39 Å². The molecule has 2 aliphatic rings. The fourth-order valence-electron chi connectivity index (χ4n) is 5.82. The molecule has 6 nitrogen and oxygen atoms in total. The van der Waals surface area contributed by atoms with Crippen molar-refractivity contribution >= 4 is 27.8 Å². The number of rotatable bonds is 12. The number of ether oxygens (including phenoxy) is 1. The number of nitrogens with zero attached hydrogens (tertiary/aromatic N) is 2. The first-order valence-electron chi connectivity index (χ1n) is 13.5. The average Bonchev–Trinajstić information content (AvgIpc) is 2.80. The number of nitrogens with two attached hydrogens (primary N) is 1. The van der Waals surface area contributed by atoms with E-state index >= 15 is 0 Å². The summed E-state index contributed by atoms with van der Waals surface area (Å²) in [6, 6.07) is 0.0430. The Morgan fingerprint density at radius 2 is 1.97 bits per heavy atom. The number of halogens is 2. The molecule has 2 saturated carbocycles. The number of amides is 1. The second kappa shape index (κ2) is 15.4. The van der Waals surface area contributed by atoms with Crippen LogP contribution in [0.1, 0.15) is 85.0 Å². The fourth-order valence-corrected chi connectivity index (χ4v) is 6.57. The van der Waals surface area contributed by atoms with Crippen LogP contribution in [0.4, 0.5) is 4.39 Å². The molecule has 3 N–H and O–H groups in total. The highest BCUT2D eigenvalue weighted by atomic mass is 79.9. The third-order valence-electron chi connectivity index (χ3n) is 7.94. The first-order chi connectivity index (χ1) is 16.3. The monoisotopic (exact) mass is 546 g/mol. The summed E-state index contributed by atoms with van der Waals surface area (Å²) in [4.78, 5) is 20.4. The van der Waals surface area contributed by atoms with E-state index in [1.54, 1.807) is 7.11 Å². The minimum absolute atomic E-state index is 0.0430. The van der Waals surface area contributed by atoms with Crippen LogP contribution < -0.4 is 11.1 Å². The molecular formula is C26H48BrFN4O2. The van der Waals surface area contributed by atoms with Gasteiger partial charge in [-0.3, -0.25) is 15.1 Å². The van der Waals surface area contributed by atoms with Crippen LogP contribution in [0.2, 0.25) is 0 Å². The molecule has 0 heterocycles. The average molecular weight is 548 g/mol. The predicted molar refractivity (Wildman–Crippen MR) is 142 cm³/mol. The number of hydrogen-bond donors (Lipinski definition) is 2. The Bertz CT molecular complexity index is 634. The second-order valence-electron chi connectivity index (χ2n) is 10.3. The van der Waals surface area contributed by atoms with Crippen LogP contribution >= 0.6 is 15.9 Å². The molecule has 2 aliphatic carbocycles. The lowest BCUT2D eigenvalue weighted by Gasteiger charge is -2.37. The maximum atomic E-state index is 15.0. The van der Waals surface area contributed by atoms with Crippen LogP contribution in [-0.4, -0.2) is 66.7 Å². The highest BCUT2D eigenvalue weighted by Crippen LogP contribution is 2.40. The molecule has 0 aliphatic heterocycles. The first-order valence-corrected chi connectivity index (χ1v) is 14.4. The molecule has 2 rings (SSSR count). The number of carbonyl (C=O) groups excluding carboxylic acids is 1. The van der Waals surface area contributed by atoms with Gasteiger partial charge in [-0.1, -0.05) is 29.8 Å². The topological polar surface area (TPSA) is 80.0 Å². The molecule has 0 aromatic heterocycles. The molecule has 34 heavy (non-hydrogen) atoms. The maximum Gasteiger partial charge on any atom is 0.230 e. The lowest BCUT2D eigenvalue weighted by atomic mass is 9.72. The van der Waals surface area contributed by atoms with Crippen LogP contribution in [-0.2, 0) is 9.53 Å². The van der Waals surface area contributed by atoms with Gasteiger partial charge in [0.2, 0.25) is 5.91 Å². The molecule has 7 atom stereocenters.